The maximum atomic E-state index is 12.6. The number of pyridine rings is 1. The van der Waals surface area contributed by atoms with Crippen molar-refractivity contribution in [3.63, 3.8) is 0 Å². The zero-order valence-corrected chi connectivity index (χ0v) is 13.9. The Morgan fingerprint density at radius 1 is 1.18 bits per heavy atom. The van der Waals surface area contributed by atoms with Crippen molar-refractivity contribution in [1.29, 1.82) is 0 Å². The van der Waals surface area contributed by atoms with E-state index in [1.807, 2.05) is 19.9 Å². The average Bonchev–Trinajstić information content (AvgIpc) is 2.46. The highest BCUT2D eigenvalue weighted by molar-refractivity contribution is 7.92. The molecule has 0 aliphatic heterocycles. The van der Waals surface area contributed by atoms with Crippen LogP contribution in [0.5, 0.6) is 5.75 Å². The molecule has 1 aromatic carbocycles. The Kier molecular flexibility index (Phi) is 4.71. The van der Waals surface area contributed by atoms with Crippen molar-refractivity contribution in [3.05, 3.63) is 47.7 Å². The van der Waals surface area contributed by atoms with Crippen molar-refractivity contribution in [2.24, 2.45) is 0 Å². The predicted molar refractivity (Wildman–Crippen MR) is 86.9 cm³/mol. The van der Waals surface area contributed by atoms with Crippen LogP contribution < -0.4 is 9.46 Å². The van der Waals surface area contributed by atoms with E-state index in [1.54, 1.807) is 37.3 Å². The van der Waals surface area contributed by atoms with E-state index in [9.17, 15) is 8.42 Å². The Morgan fingerprint density at radius 3 is 2.50 bits per heavy atom. The molecule has 5 nitrogen and oxygen atoms in total. The van der Waals surface area contributed by atoms with E-state index in [0.29, 0.717) is 5.75 Å². The lowest BCUT2D eigenvalue weighted by Gasteiger charge is -2.14. The van der Waals surface area contributed by atoms with Crippen molar-refractivity contribution in [3.8, 4) is 5.75 Å². The lowest BCUT2D eigenvalue weighted by molar-refractivity contribution is 0.402. The molecule has 22 heavy (non-hydrogen) atoms. The van der Waals surface area contributed by atoms with Crippen LogP contribution in [0.15, 0.2) is 41.3 Å². The molecule has 1 N–H and O–H groups in total. The van der Waals surface area contributed by atoms with Crippen molar-refractivity contribution in [2.45, 2.75) is 31.6 Å². The quantitative estimate of drug-likeness (QED) is 0.917. The SMILES string of the molecule is COc1ccc(C(C)C)cc1S(=O)(=O)Nc1cccc(C)n1. The van der Waals surface area contributed by atoms with Crippen LogP contribution in [0.4, 0.5) is 5.82 Å². The number of ether oxygens (including phenoxy) is 1. The molecule has 0 spiro atoms. The molecule has 0 unspecified atom stereocenters. The fourth-order valence-corrected chi connectivity index (χ4v) is 3.26. The Balaban J connectivity index is 2.46. The predicted octanol–water partition coefficient (Wildman–Crippen LogP) is 3.32. The Hall–Kier alpha value is -2.08. The zero-order chi connectivity index (χ0) is 16.3. The summed E-state index contributed by atoms with van der Waals surface area (Å²) in [6, 6.07) is 10.4. The van der Waals surface area contributed by atoms with Crippen LogP contribution in [-0.2, 0) is 10.0 Å². The summed E-state index contributed by atoms with van der Waals surface area (Å²) in [6.07, 6.45) is 0. The lowest BCUT2D eigenvalue weighted by Crippen LogP contribution is -2.15. The number of hydrogen-bond acceptors (Lipinski definition) is 4. The molecule has 0 atom stereocenters. The van der Waals surface area contributed by atoms with Gasteiger partial charge in [0.2, 0.25) is 0 Å². The van der Waals surface area contributed by atoms with E-state index in [4.69, 9.17) is 4.74 Å². The van der Waals surface area contributed by atoms with Crippen LogP contribution in [0.25, 0.3) is 0 Å². The van der Waals surface area contributed by atoms with Gasteiger partial charge in [-0.3, -0.25) is 4.72 Å². The number of anilines is 1. The summed E-state index contributed by atoms with van der Waals surface area (Å²) < 4.78 is 33.0. The highest BCUT2D eigenvalue weighted by atomic mass is 32.2. The molecule has 0 aliphatic rings. The smallest absolute Gasteiger partial charge is 0.266 e. The van der Waals surface area contributed by atoms with Crippen LogP contribution in [0.2, 0.25) is 0 Å². The van der Waals surface area contributed by atoms with E-state index in [1.165, 1.54) is 7.11 Å². The van der Waals surface area contributed by atoms with Crippen molar-refractivity contribution >= 4 is 15.8 Å². The first kappa shape index (κ1) is 16.3. The van der Waals surface area contributed by atoms with E-state index >= 15 is 0 Å². The minimum atomic E-state index is -3.77. The number of rotatable bonds is 5. The van der Waals surface area contributed by atoms with Crippen molar-refractivity contribution in [1.82, 2.24) is 4.98 Å². The highest BCUT2D eigenvalue weighted by Gasteiger charge is 2.21. The average molecular weight is 320 g/mol. The summed E-state index contributed by atoms with van der Waals surface area (Å²) in [7, 11) is -2.31. The summed E-state index contributed by atoms with van der Waals surface area (Å²) in [5, 5.41) is 0. The van der Waals surface area contributed by atoms with Crippen molar-refractivity contribution < 1.29 is 13.2 Å². The molecule has 0 saturated carbocycles. The Labute approximate surface area is 131 Å². The molecule has 0 fully saturated rings. The molecule has 2 rings (SSSR count). The van der Waals surface area contributed by atoms with Gasteiger partial charge in [-0.05, 0) is 42.7 Å². The summed E-state index contributed by atoms with van der Waals surface area (Å²) in [5.74, 6) is 0.818. The van der Waals surface area contributed by atoms with E-state index in [-0.39, 0.29) is 16.6 Å². The van der Waals surface area contributed by atoms with Crippen LogP contribution in [-0.4, -0.2) is 20.5 Å². The van der Waals surface area contributed by atoms with Gasteiger partial charge in [-0.2, -0.15) is 0 Å². The van der Waals surface area contributed by atoms with Crippen LogP contribution in [0.1, 0.15) is 31.0 Å². The molecule has 1 aromatic heterocycles. The van der Waals surface area contributed by atoms with Gasteiger partial charge < -0.3 is 4.74 Å². The molecule has 0 bridgehead atoms. The second-order valence-corrected chi connectivity index (χ2v) is 6.99. The number of aromatic nitrogens is 1. The third-order valence-corrected chi connectivity index (χ3v) is 4.65. The van der Waals surface area contributed by atoms with Crippen LogP contribution in [0, 0.1) is 6.92 Å². The van der Waals surface area contributed by atoms with Gasteiger partial charge in [0.15, 0.2) is 0 Å². The number of sulfonamides is 1. The maximum absolute atomic E-state index is 12.6. The number of methoxy groups -OCH3 is 1. The highest BCUT2D eigenvalue weighted by Crippen LogP contribution is 2.29. The second kappa shape index (κ2) is 6.36. The standard InChI is InChI=1S/C16H20N2O3S/c1-11(2)13-8-9-14(21-4)15(10-13)22(19,20)18-16-7-5-6-12(3)17-16/h5-11H,1-4H3,(H,17,18). The first-order valence-corrected chi connectivity index (χ1v) is 8.46. The molecule has 0 aliphatic carbocycles. The van der Waals surface area contributed by atoms with E-state index < -0.39 is 10.0 Å². The van der Waals surface area contributed by atoms with Gasteiger partial charge in [-0.15, -0.1) is 0 Å². The monoisotopic (exact) mass is 320 g/mol. The second-order valence-electron chi connectivity index (χ2n) is 5.33. The molecule has 0 saturated heterocycles. The van der Waals surface area contributed by atoms with E-state index in [0.717, 1.165) is 11.3 Å². The van der Waals surface area contributed by atoms with Gasteiger partial charge in [0.1, 0.15) is 16.5 Å². The van der Waals surface area contributed by atoms with Gasteiger partial charge in [-0.1, -0.05) is 26.0 Å². The van der Waals surface area contributed by atoms with Gasteiger partial charge in [0, 0.05) is 5.69 Å². The minimum Gasteiger partial charge on any atom is -0.495 e. The number of benzene rings is 1. The number of aryl methyl sites for hydroxylation is 1. The zero-order valence-electron chi connectivity index (χ0n) is 13.1. The molecule has 6 heteroatoms. The van der Waals surface area contributed by atoms with Gasteiger partial charge in [0.25, 0.3) is 10.0 Å². The fraction of sp³-hybridized carbons (Fsp3) is 0.312. The third-order valence-electron chi connectivity index (χ3n) is 3.27. The summed E-state index contributed by atoms with van der Waals surface area (Å²) in [4.78, 5) is 4.28. The topological polar surface area (TPSA) is 68.3 Å². The first-order chi connectivity index (χ1) is 10.3. The normalized spacial score (nSPS) is 11.5. The van der Waals surface area contributed by atoms with Gasteiger partial charge >= 0.3 is 0 Å². The number of hydrogen-bond donors (Lipinski definition) is 1. The van der Waals surface area contributed by atoms with Gasteiger partial charge in [-0.25, -0.2) is 13.4 Å². The molecule has 118 valence electrons. The minimum absolute atomic E-state index is 0.115. The summed E-state index contributed by atoms with van der Waals surface area (Å²) in [6.45, 7) is 5.82. The number of nitrogens with one attached hydrogen (secondary N) is 1. The van der Waals surface area contributed by atoms with E-state index in [2.05, 4.69) is 9.71 Å². The molecule has 2 aromatic rings. The molecular weight excluding hydrogens is 300 g/mol. The molecular formula is C16H20N2O3S. The fourth-order valence-electron chi connectivity index (χ4n) is 2.05. The molecule has 0 amide bonds. The Morgan fingerprint density at radius 2 is 1.91 bits per heavy atom. The first-order valence-electron chi connectivity index (χ1n) is 6.98. The van der Waals surface area contributed by atoms with Crippen LogP contribution >= 0.6 is 0 Å². The number of nitrogens with zero attached hydrogens (tertiary/aromatic N) is 1. The summed E-state index contributed by atoms with van der Waals surface area (Å²) in [5.41, 5.74) is 1.67. The largest absolute Gasteiger partial charge is 0.495 e. The lowest BCUT2D eigenvalue weighted by atomic mass is 10.0. The van der Waals surface area contributed by atoms with Crippen LogP contribution in [0.3, 0.4) is 0 Å². The van der Waals surface area contributed by atoms with Crippen molar-refractivity contribution in [2.75, 3.05) is 11.8 Å². The maximum Gasteiger partial charge on any atom is 0.266 e. The Bertz CT molecular complexity index is 771. The third kappa shape index (κ3) is 3.57. The molecule has 0 radical (unpaired) electrons. The van der Waals surface area contributed by atoms with Gasteiger partial charge in [0.05, 0.1) is 7.11 Å². The summed E-state index contributed by atoms with van der Waals surface area (Å²) >= 11 is 0. The molecule has 1 heterocycles.